The van der Waals surface area contributed by atoms with Crippen LogP contribution in [0.15, 0.2) is 64.8 Å². The number of carbonyl (C=O) groups is 1. The third kappa shape index (κ3) is 4.17. The number of para-hydroxylation sites is 1. The highest BCUT2D eigenvalue weighted by molar-refractivity contribution is 8.13. The molecule has 0 aliphatic carbocycles. The molecule has 6 heteroatoms. The van der Waals surface area contributed by atoms with Crippen molar-refractivity contribution in [2.75, 3.05) is 18.7 Å². The highest BCUT2D eigenvalue weighted by Gasteiger charge is 2.29. The minimum atomic E-state index is -0.396. The van der Waals surface area contributed by atoms with Gasteiger partial charge >= 0.3 is 0 Å². The van der Waals surface area contributed by atoms with E-state index in [1.165, 1.54) is 11.8 Å². The van der Waals surface area contributed by atoms with Crippen molar-refractivity contribution >= 4 is 28.5 Å². The number of aryl methyl sites for hydroxylation is 1. The number of amides is 1. The molecule has 0 saturated carbocycles. The Bertz CT molecular complexity index is 907. The van der Waals surface area contributed by atoms with Gasteiger partial charge in [0.2, 0.25) is 0 Å². The lowest BCUT2D eigenvalue weighted by Crippen LogP contribution is -2.31. The van der Waals surface area contributed by atoms with Crippen LogP contribution in [0.2, 0.25) is 0 Å². The maximum absolute atomic E-state index is 13.1. The summed E-state index contributed by atoms with van der Waals surface area (Å²) < 4.78 is 5.46. The minimum Gasteiger partial charge on any atom is -0.496 e. The van der Waals surface area contributed by atoms with Crippen LogP contribution in [0, 0.1) is 6.92 Å². The van der Waals surface area contributed by atoms with Gasteiger partial charge in [-0.25, -0.2) is 4.99 Å². The number of thioether (sulfide) groups is 1. The molecule has 0 spiro atoms. The third-order valence-electron chi connectivity index (χ3n) is 4.44. The molecule has 140 valence electrons. The van der Waals surface area contributed by atoms with E-state index in [2.05, 4.69) is 10.6 Å². The predicted molar refractivity (Wildman–Crippen MR) is 112 cm³/mol. The summed E-state index contributed by atoms with van der Waals surface area (Å²) in [6.07, 6.45) is 1.96. The maximum Gasteiger partial charge on any atom is 0.255 e. The number of benzene rings is 2. The zero-order valence-corrected chi connectivity index (χ0v) is 16.7. The number of rotatable bonds is 4. The number of hydrogen-bond donors (Lipinski definition) is 2. The molecule has 0 bridgehead atoms. The smallest absolute Gasteiger partial charge is 0.255 e. The molecule has 2 aromatic rings. The molecule has 2 N–H and O–H groups in total. The topological polar surface area (TPSA) is 62.7 Å². The first-order valence-electron chi connectivity index (χ1n) is 8.64. The summed E-state index contributed by atoms with van der Waals surface area (Å²) >= 11 is 1.52. The second-order valence-corrected chi connectivity index (χ2v) is 7.05. The van der Waals surface area contributed by atoms with E-state index in [0.717, 1.165) is 33.4 Å². The third-order valence-corrected chi connectivity index (χ3v) is 5.03. The number of aliphatic imine (C=N–C) groups is 1. The summed E-state index contributed by atoms with van der Waals surface area (Å²) in [7, 11) is 1.65. The van der Waals surface area contributed by atoms with Gasteiger partial charge < -0.3 is 15.4 Å². The van der Waals surface area contributed by atoms with Gasteiger partial charge in [-0.2, -0.15) is 0 Å². The highest BCUT2D eigenvalue weighted by atomic mass is 32.2. The van der Waals surface area contributed by atoms with Gasteiger partial charge in [-0.1, -0.05) is 42.1 Å². The van der Waals surface area contributed by atoms with Crippen LogP contribution in [0.3, 0.4) is 0 Å². The van der Waals surface area contributed by atoms with E-state index < -0.39 is 6.04 Å². The average molecular weight is 382 g/mol. The quantitative estimate of drug-likeness (QED) is 0.830. The number of allylic oxidation sites excluding steroid dienone is 1. The Kier molecular flexibility index (Phi) is 5.86. The Morgan fingerprint density at radius 1 is 1.19 bits per heavy atom. The summed E-state index contributed by atoms with van der Waals surface area (Å²) in [5.41, 5.74) is 4.11. The fourth-order valence-corrected chi connectivity index (χ4v) is 3.48. The number of methoxy groups -OCH3 is 1. The van der Waals surface area contributed by atoms with Crippen LogP contribution < -0.4 is 15.4 Å². The Balaban J connectivity index is 2.00. The Labute approximate surface area is 163 Å². The van der Waals surface area contributed by atoms with Crippen molar-refractivity contribution in [1.29, 1.82) is 0 Å². The number of nitrogens with one attached hydrogen (secondary N) is 2. The molecular weight excluding hydrogens is 358 g/mol. The van der Waals surface area contributed by atoms with E-state index in [1.54, 1.807) is 7.11 Å². The summed E-state index contributed by atoms with van der Waals surface area (Å²) in [5.74, 6) is 0.618. The number of carbonyl (C=O) groups excluding carboxylic acids is 1. The van der Waals surface area contributed by atoms with Crippen LogP contribution in [-0.4, -0.2) is 24.4 Å². The molecule has 2 aromatic carbocycles. The van der Waals surface area contributed by atoms with Crippen molar-refractivity contribution in [3.63, 3.8) is 0 Å². The van der Waals surface area contributed by atoms with Crippen LogP contribution in [0.1, 0.15) is 24.1 Å². The van der Waals surface area contributed by atoms with Crippen molar-refractivity contribution in [1.82, 2.24) is 5.32 Å². The summed E-state index contributed by atoms with van der Waals surface area (Å²) in [5, 5.41) is 6.98. The van der Waals surface area contributed by atoms with Gasteiger partial charge in [-0.15, -0.1) is 0 Å². The SMILES string of the molecule is COc1cc([C@H]2N=C(SC)NC(C)=C2C(=O)Nc2ccccc2)ccc1C. The summed E-state index contributed by atoms with van der Waals surface area (Å²) in [4.78, 5) is 17.8. The molecule has 1 aliphatic rings. The first kappa shape index (κ1) is 19.0. The normalized spacial score (nSPS) is 16.4. The number of anilines is 1. The largest absolute Gasteiger partial charge is 0.496 e. The van der Waals surface area contributed by atoms with E-state index in [1.807, 2.05) is 68.6 Å². The van der Waals surface area contributed by atoms with E-state index in [9.17, 15) is 4.79 Å². The van der Waals surface area contributed by atoms with Crippen molar-refractivity contribution in [2.24, 2.45) is 4.99 Å². The standard InChI is InChI=1S/C21H23N3O2S/c1-13-10-11-15(12-17(13)26-3)19-18(14(2)22-21(24-19)27-4)20(25)23-16-8-6-5-7-9-16/h5-12,19H,1-4H3,(H,22,24)(H,23,25)/t19-/m1/s1. The molecule has 27 heavy (non-hydrogen) atoms. The zero-order chi connectivity index (χ0) is 19.4. The molecule has 1 amide bonds. The van der Waals surface area contributed by atoms with Crippen LogP contribution in [0.5, 0.6) is 5.75 Å². The lowest BCUT2D eigenvalue weighted by molar-refractivity contribution is -0.113. The van der Waals surface area contributed by atoms with Crippen molar-refractivity contribution in [3.8, 4) is 5.75 Å². The maximum atomic E-state index is 13.1. The highest BCUT2D eigenvalue weighted by Crippen LogP contribution is 2.35. The number of amidine groups is 1. The fourth-order valence-electron chi connectivity index (χ4n) is 3.01. The lowest BCUT2D eigenvalue weighted by Gasteiger charge is -2.26. The van der Waals surface area contributed by atoms with Gasteiger partial charge in [0.25, 0.3) is 5.91 Å². The monoisotopic (exact) mass is 381 g/mol. The van der Waals surface area contributed by atoms with Crippen LogP contribution in [0.25, 0.3) is 0 Å². The first-order chi connectivity index (χ1) is 13.0. The van der Waals surface area contributed by atoms with Crippen LogP contribution >= 0.6 is 11.8 Å². The Morgan fingerprint density at radius 2 is 1.93 bits per heavy atom. The molecule has 0 aromatic heterocycles. The van der Waals surface area contributed by atoms with Crippen molar-refractivity contribution in [2.45, 2.75) is 19.9 Å². The summed E-state index contributed by atoms with van der Waals surface area (Å²) in [6.45, 7) is 3.90. The molecule has 5 nitrogen and oxygen atoms in total. The van der Waals surface area contributed by atoms with Gasteiger partial charge in [0.15, 0.2) is 5.17 Å². The van der Waals surface area contributed by atoms with Crippen LogP contribution in [-0.2, 0) is 4.79 Å². The van der Waals surface area contributed by atoms with Crippen molar-refractivity contribution in [3.05, 3.63) is 70.9 Å². The number of hydrogen-bond acceptors (Lipinski definition) is 5. The van der Waals surface area contributed by atoms with Crippen molar-refractivity contribution < 1.29 is 9.53 Å². The summed E-state index contributed by atoms with van der Waals surface area (Å²) in [6, 6.07) is 15.0. The van der Waals surface area contributed by atoms with Gasteiger partial charge in [0, 0.05) is 11.4 Å². The molecule has 0 radical (unpaired) electrons. The molecule has 3 rings (SSSR count). The second kappa shape index (κ2) is 8.31. The molecule has 0 unspecified atom stereocenters. The average Bonchev–Trinajstić information content (AvgIpc) is 2.68. The second-order valence-electron chi connectivity index (χ2n) is 6.25. The van der Waals surface area contributed by atoms with Crippen LogP contribution in [0.4, 0.5) is 5.69 Å². The Hall–Kier alpha value is -2.73. The van der Waals surface area contributed by atoms with Gasteiger partial charge in [-0.05, 0) is 49.4 Å². The molecule has 1 atom stereocenters. The zero-order valence-electron chi connectivity index (χ0n) is 15.9. The minimum absolute atomic E-state index is 0.167. The lowest BCUT2D eigenvalue weighted by atomic mass is 9.94. The number of ether oxygens (including phenoxy) is 1. The Morgan fingerprint density at radius 3 is 2.59 bits per heavy atom. The fraction of sp³-hybridized carbons (Fsp3) is 0.238. The van der Waals surface area contributed by atoms with E-state index >= 15 is 0 Å². The van der Waals surface area contributed by atoms with Gasteiger partial charge in [0.05, 0.1) is 12.7 Å². The molecule has 1 aliphatic heterocycles. The molecule has 0 saturated heterocycles. The molecule has 1 heterocycles. The predicted octanol–water partition coefficient (Wildman–Crippen LogP) is 4.28. The molecule has 0 fully saturated rings. The first-order valence-corrected chi connectivity index (χ1v) is 9.86. The van der Waals surface area contributed by atoms with Gasteiger partial charge in [-0.3, -0.25) is 4.79 Å². The number of nitrogens with zero attached hydrogens (tertiary/aromatic N) is 1. The van der Waals surface area contributed by atoms with E-state index in [-0.39, 0.29) is 5.91 Å². The molecular formula is C21H23N3O2S. The van der Waals surface area contributed by atoms with E-state index in [0.29, 0.717) is 5.57 Å². The van der Waals surface area contributed by atoms with Gasteiger partial charge in [0.1, 0.15) is 11.8 Å². The van der Waals surface area contributed by atoms with E-state index in [4.69, 9.17) is 9.73 Å².